The van der Waals surface area contributed by atoms with Crippen molar-refractivity contribution in [2.24, 2.45) is 0 Å². The fraction of sp³-hybridized carbons (Fsp3) is 0.333. The molecule has 5 heteroatoms. The number of esters is 1. The maximum absolute atomic E-state index is 11.7. The van der Waals surface area contributed by atoms with E-state index in [4.69, 9.17) is 10.5 Å². The van der Waals surface area contributed by atoms with Crippen LogP contribution in [0.25, 0.3) is 0 Å². The van der Waals surface area contributed by atoms with Crippen LogP contribution in [-0.4, -0.2) is 37.5 Å². The van der Waals surface area contributed by atoms with Gasteiger partial charge in [-0.05, 0) is 18.6 Å². The van der Waals surface area contributed by atoms with Crippen molar-refractivity contribution in [3.8, 4) is 0 Å². The molecule has 0 atom stereocenters. The summed E-state index contributed by atoms with van der Waals surface area (Å²) in [6.07, 6.45) is 0. The number of ether oxygens (including phenoxy) is 1. The van der Waals surface area contributed by atoms with Crippen LogP contribution in [0.15, 0.2) is 18.2 Å². The van der Waals surface area contributed by atoms with E-state index in [1.807, 2.05) is 0 Å². The molecule has 1 aromatic rings. The lowest BCUT2D eigenvalue weighted by molar-refractivity contribution is -0.131. The number of carbonyl (C=O) groups is 2. The molecule has 0 fully saturated rings. The Morgan fingerprint density at radius 3 is 2.59 bits per heavy atom. The number of nitrogen functional groups attached to an aromatic ring is 1. The number of carbonyl (C=O) groups excluding carboxylic acids is 2. The molecule has 0 aliphatic carbocycles. The molecule has 0 radical (unpaired) electrons. The molecule has 0 aromatic heterocycles. The van der Waals surface area contributed by atoms with Crippen LogP contribution in [0.4, 0.5) is 5.69 Å². The largest absolute Gasteiger partial charge is 0.452 e. The van der Waals surface area contributed by atoms with Crippen molar-refractivity contribution in [1.29, 1.82) is 0 Å². The van der Waals surface area contributed by atoms with E-state index in [0.717, 1.165) is 5.56 Å². The minimum absolute atomic E-state index is 0.274. The molecule has 0 bridgehead atoms. The zero-order valence-electron chi connectivity index (χ0n) is 10.2. The second-order valence-electron chi connectivity index (χ2n) is 3.90. The summed E-state index contributed by atoms with van der Waals surface area (Å²) in [4.78, 5) is 24.3. The number of likely N-dealkylation sites (N-methyl/N-ethyl adjacent to an activating group) is 1. The van der Waals surface area contributed by atoms with Gasteiger partial charge in [0, 0.05) is 19.8 Å². The molecule has 92 valence electrons. The Bertz CT molecular complexity index is 441. The summed E-state index contributed by atoms with van der Waals surface area (Å²) in [5, 5.41) is 0. The third kappa shape index (κ3) is 3.21. The number of amides is 1. The van der Waals surface area contributed by atoms with Gasteiger partial charge in [0.15, 0.2) is 6.61 Å². The van der Waals surface area contributed by atoms with Crippen molar-refractivity contribution in [3.05, 3.63) is 29.3 Å². The molecule has 0 saturated carbocycles. The summed E-state index contributed by atoms with van der Waals surface area (Å²) in [5.41, 5.74) is 7.23. The first-order chi connectivity index (χ1) is 7.93. The quantitative estimate of drug-likeness (QED) is 0.623. The third-order valence-corrected chi connectivity index (χ3v) is 2.37. The molecular formula is C12H16N2O3. The van der Waals surface area contributed by atoms with Crippen molar-refractivity contribution in [2.45, 2.75) is 6.92 Å². The predicted octanol–water partition coefficient (Wildman–Crippen LogP) is 0.822. The number of benzene rings is 1. The van der Waals surface area contributed by atoms with E-state index in [-0.39, 0.29) is 18.1 Å². The van der Waals surface area contributed by atoms with Gasteiger partial charge in [-0.25, -0.2) is 4.79 Å². The van der Waals surface area contributed by atoms with Crippen LogP contribution < -0.4 is 5.73 Å². The van der Waals surface area contributed by atoms with Gasteiger partial charge in [-0.1, -0.05) is 12.1 Å². The third-order valence-electron chi connectivity index (χ3n) is 2.37. The minimum atomic E-state index is -0.582. The summed E-state index contributed by atoms with van der Waals surface area (Å²) in [6, 6.07) is 5.10. The zero-order chi connectivity index (χ0) is 13.0. The zero-order valence-corrected chi connectivity index (χ0v) is 10.2. The van der Waals surface area contributed by atoms with Crippen LogP contribution in [0.2, 0.25) is 0 Å². The number of nitrogens with zero attached hydrogens (tertiary/aromatic N) is 1. The smallest absolute Gasteiger partial charge is 0.340 e. The molecule has 5 nitrogen and oxygen atoms in total. The Hall–Kier alpha value is -2.04. The predicted molar refractivity (Wildman–Crippen MR) is 64.6 cm³/mol. The van der Waals surface area contributed by atoms with Crippen LogP contribution in [0, 0.1) is 6.92 Å². The van der Waals surface area contributed by atoms with Crippen LogP contribution in [0.3, 0.4) is 0 Å². The highest BCUT2D eigenvalue weighted by Gasteiger charge is 2.14. The number of hydrogen-bond acceptors (Lipinski definition) is 4. The lowest BCUT2D eigenvalue weighted by atomic mass is 10.1. The average Bonchev–Trinajstić information content (AvgIpc) is 2.29. The van der Waals surface area contributed by atoms with E-state index >= 15 is 0 Å². The molecule has 0 aliphatic heterocycles. The Labute approximate surface area is 100 Å². The van der Waals surface area contributed by atoms with Gasteiger partial charge in [-0.2, -0.15) is 0 Å². The normalized spacial score (nSPS) is 9.82. The highest BCUT2D eigenvalue weighted by molar-refractivity contribution is 5.96. The van der Waals surface area contributed by atoms with E-state index < -0.39 is 5.97 Å². The Morgan fingerprint density at radius 1 is 1.35 bits per heavy atom. The Balaban J connectivity index is 2.71. The summed E-state index contributed by atoms with van der Waals surface area (Å²) in [6.45, 7) is 1.52. The minimum Gasteiger partial charge on any atom is -0.452 e. The number of hydrogen-bond donors (Lipinski definition) is 1. The molecular weight excluding hydrogens is 220 g/mol. The van der Waals surface area contributed by atoms with Gasteiger partial charge in [0.1, 0.15) is 0 Å². The number of aryl methyl sites for hydroxylation is 1. The number of nitrogens with two attached hydrogens (primary N) is 1. The van der Waals surface area contributed by atoms with Gasteiger partial charge in [0.2, 0.25) is 0 Å². The van der Waals surface area contributed by atoms with Crippen molar-refractivity contribution in [2.75, 3.05) is 26.4 Å². The van der Waals surface area contributed by atoms with Crippen LogP contribution in [0.1, 0.15) is 15.9 Å². The monoisotopic (exact) mass is 236 g/mol. The van der Waals surface area contributed by atoms with Gasteiger partial charge in [0.05, 0.1) is 5.56 Å². The first-order valence-electron chi connectivity index (χ1n) is 5.16. The molecule has 0 aliphatic rings. The van der Waals surface area contributed by atoms with Crippen molar-refractivity contribution in [3.63, 3.8) is 0 Å². The maximum atomic E-state index is 11.7. The average molecular weight is 236 g/mol. The summed E-state index contributed by atoms with van der Waals surface area (Å²) in [5.74, 6) is -0.856. The Morgan fingerprint density at radius 2 is 2.00 bits per heavy atom. The van der Waals surface area contributed by atoms with E-state index in [0.29, 0.717) is 5.69 Å². The summed E-state index contributed by atoms with van der Waals surface area (Å²) in [7, 11) is 3.19. The fourth-order valence-corrected chi connectivity index (χ4v) is 1.19. The highest BCUT2D eigenvalue weighted by Crippen LogP contribution is 2.17. The fourth-order valence-electron chi connectivity index (χ4n) is 1.19. The molecule has 2 N–H and O–H groups in total. The van der Waals surface area contributed by atoms with Gasteiger partial charge >= 0.3 is 5.97 Å². The van der Waals surface area contributed by atoms with Crippen molar-refractivity contribution in [1.82, 2.24) is 4.90 Å². The lowest BCUT2D eigenvalue weighted by Gasteiger charge is -2.11. The van der Waals surface area contributed by atoms with Crippen LogP contribution in [-0.2, 0) is 9.53 Å². The van der Waals surface area contributed by atoms with Crippen LogP contribution in [0.5, 0.6) is 0 Å². The van der Waals surface area contributed by atoms with Gasteiger partial charge in [0.25, 0.3) is 5.91 Å². The van der Waals surface area contributed by atoms with Crippen molar-refractivity contribution >= 4 is 17.6 Å². The van der Waals surface area contributed by atoms with E-state index in [1.165, 1.54) is 4.90 Å². The van der Waals surface area contributed by atoms with E-state index in [2.05, 4.69) is 0 Å². The first-order valence-corrected chi connectivity index (χ1v) is 5.16. The molecule has 0 unspecified atom stereocenters. The first kappa shape index (κ1) is 13.0. The van der Waals surface area contributed by atoms with Crippen LogP contribution >= 0.6 is 0 Å². The van der Waals surface area contributed by atoms with E-state index in [1.54, 1.807) is 39.2 Å². The summed E-state index contributed by atoms with van der Waals surface area (Å²) < 4.78 is 4.88. The number of para-hydroxylation sites is 1. The second kappa shape index (κ2) is 5.34. The standard InChI is InChI=1S/C12H16N2O3/c1-8-5-4-6-9(11(8)13)12(16)17-7-10(15)14(2)3/h4-6H,7,13H2,1-3H3. The topological polar surface area (TPSA) is 72.6 Å². The van der Waals surface area contributed by atoms with Gasteiger partial charge < -0.3 is 15.4 Å². The van der Waals surface area contributed by atoms with Gasteiger partial charge in [-0.15, -0.1) is 0 Å². The Kier molecular flexibility index (Phi) is 4.09. The summed E-state index contributed by atoms with van der Waals surface area (Å²) >= 11 is 0. The van der Waals surface area contributed by atoms with Crippen molar-refractivity contribution < 1.29 is 14.3 Å². The molecule has 0 spiro atoms. The molecule has 1 amide bonds. The lowest BCUT2D eigenvalue weighted by Crippen LogP contribution is -2.27. The SMILES string of the molecule is Cc1cccc(C(=O)OCC(=O)N(C)C)c1N. The van der Waals surface area contributed by atoms with Gasteiger partial charge in [-0.3, -0.25) is 4.79 Å². The van der Waals surface area contributed by atoms with E-state index in [9.17, 15) is 9.59 Å². The molecule has 17 heavy (non-hydrogen) atoms. The highest BCUT2D eigenvalue weighted by atomic mass is 16.5. The molecule has 1 rings (SSSR count). The molecule has 0 saturated heterocycles. The molecule has 0 heterocycles. The number of anilines is 1. The second-order valence-corrected chi connectivity index (χ2v) is 3.90. The maximum Gasteiger partial charge on any atom is 0.340 e. The molecule has 1 aromatic carbocycles. The number of rotatable bonds is 3.